The first kappa shape index (κ1) is 24.4. The van der Waals surface area contributed by atoms with E-state index in [4.69, 9.17) is 23.2 Å². The Morgan fingerprint density at radius 3 is 2.43 bits per heavy atom. The number of carbonyl (C=O) groups is 1. The second-order valence-electron chi connectivity index (χ2n) is 10.6. The third-order valence-electron chi connectivity index (χ3n) is 7.50. The van der Waals surface area contributed by atoms with Gasteiger partial charge in [-0.1, -0.05) is 104 Å². The van der Waals surface area contributed by atoms with Crippen molar-refractivity contribution in [3.63, 3.8) is 0 Å². The van der Waals surface area contributed by atoms with Crippen molar-refractivity contribution in [3.8, 4) is 11.1 Å². The number of carbonyl (C=O) groups excluding carboxylic acids is 1. The molecule has 1 aliphatic heterocycles. The summed E-state index contributed by atoms with van der Waals surface area (Å²) in [6.45, 7) is 6.59. The first-order chi connectivity index (χ1) is 16.8. The Morgan fingerprint density at radius 2 is 1.69 bits per heavy atom. The van der Waals surface area contributed by atoms with Crippen LogP contribution in [0.3, 0.4) is 0 Å². The lowest BCUT2D eigenvalue weighted by Crippen LogP contribution is -2.53. The molecule has 5 rings (SSSR count). The Hall–Kier alpha value is -2.33. The second-order valence-corrected chi connectivity index (χ2v) is 11.4. The topological polar surface area (TPSA) is 32.3 Å². The van der Waals surface area contributed by atoms with Crippen LogP contribution < -0.4 is 5.32 Å². The Labute approximate surface area is 218 Å². The van der Waals surface area contributed by atoms with Crippen LogP contribution in [0.2, 0.25) is 10.0 Å². The average molecular weight is 508 g/mol. The van der Waals surface area contributed by atoms with Gasteiger partial charge in [0, 0.05) is 31.6 Å². The maximum Gasteiger partial charge on any atom is 0.228 e. The lowest BCUT2D eigenvalue weighted by Gasteiger charge is -2.45. The number of hydrogen-bond donors (Lipinski definition) is 1. The zero-order chi connectivity index (χ0) is 24.6. The Balaban J connectivity index is 1.49. The predicted octanol–water partition coefficient (Wildman–Crippen LogP) is 7.18. The number of nitrogens with one attached hydrogen (secondary N) is 1. The van der Waals surface area contributed by atoms with Gasteiger partial charge in [-0.25, -0.2) is 0 Å². The van der Waals surface area contributed by atoms with Gasteiger partial charge >= 0.3 is 0 Å². The normalized spacial score (nSPS) is 21.5. The SMILES string of the molecule is CC1(C)CNC[C@H](C(=O)N(Cc2cccc(Cl)c2Cl)C2CC2)[C@H]1c1cccc(-c2ccccc2)c1. The van der Waals surface area contributed by atoms with Gasteiger partial charge < -0.3 is 10.2 Å². The van der Waals surface area contributed by atoms with Gasteiger partial charge in [0.1, 0.15) is 0 Å². The number of rotatable bonds is 6. The predicted molar refractivity (Wildman–Crippen MR) is 145 cm³/mol. The molecule has 3 nitrogen and oxygen atoms in total. The van der Waals surface area contributed by atoms with Gasteiger partial charge in [-0.15, -0.1) is 0 Å². The minimum atomic E-state index is -0.150. The van der Waals surface area contributed by atoms with Gasteiger partial charge in [-0.2, -0.15) is 0 Å². The summed E-state index contributed by atoms with van der Waals surface area (Å²) in [6.07, 6.45) is 2.09. The van der Waals surface area contributed by atoms with Crippen LogP contribution in [0.1, 0.15) is 43.7 Å². The van der Waals surface area contributed by atoms with Gasteiger partial charge in [0.15, 0.2) is 0 Å². The van der Waals surface area contributed by atoms with Crippen molar-refractivity contribution in [2.75, 3.05) is 13.1 Å². The largest absolute Gasteiger partial charge is 0.335 e. The molecule has 2 fully saturated rings. The van der Waals surface area contributed by atoms with Crippen LogP contribution in [0.4, 0.5) is 0 Å². The highest BCUT2D eigenvalue weighted by atomic mass is 35.5. The van der Waals surface area contributed by atoms with E-state index in [1.54, 1.807) is 6.07 Å². The van der Waals surface area contributed by atoms with E-state index in [-0.39, 0.29) is 29.2 Å². The molecule has 1 heterocycles. The summed E-state index contributed by atoms with van der Waals surface area (Å²) in [4.78, 5) is 16.3. The van der Waals surface area contributed by atoms with E-state index < -0.39 is 0 Å². The quantitative estimate of drug-likeness (QED) is 0.383. The molecule has 0 aromatic heterocycles. The molecule has 1 saturated heterocycles. The number of halogens is 2. The molecule has 1 amide bonds. The Bertz CT molecular complexity index is 1210. The van der Waals surface area contributed by atoms with Crippen molar-refractivity contribution in [3.05, 3.63) is 94.0 Å². The van der Waals surface area contributed by atoms with E-state index in [1.165, 1.54) is 16.7 Å². The minimum absolute atomic E-state index is 0.0726. The van der Waals surface area contributed by atoms with E-state index in [0.717, 1.165) is 24.9 Å². The molecule has 2 aliphatic rings. The zero-order valence-corrected chi connectivity index (χ0v) is 21.8. The molecule has 1 saturated carbocycles. The maximum atomic E-state index is 14.2. The molecule has 35 heavy (non-hydrogen) atoms. The smallest absolute Gasteiger partial charge is 0.228 e. The van der Waals surface area contributed by atoms with Crippen molar-refractivity contribution in [2.45, 2.75) is 45.2 Å². The Morgan fingerprint density at radius 1 is 0.971 bits per heavy atom. The molecule has 0 radical (unpaired) electrons. The number of amides is 1. The van der Waals surface area contributed by atoms with E-state index >= 15 is 0 Å². The third-order valence-corrected chi connectivity index (χ3v) is 8.36. The fourth-order valence-corrected chi connectivity index (χ4v) is 6.00. The molecule has 182 valence electrons. The van der Waals surface area contributed by atoms with Gasteiger partial charge in [0.2, 0.25) is 5.91 Å². The zero-order valence-electron chi connectivity index (χ0n) is 20.3. The molecule has 0 bridgehead atoms. The monoisotopic (exact) mass is 506 g/mol. The summed E-state index contributed by atoms with van der Waals surface area (Å²) < 4.78 is 0. The Kier molecular flexibility index (Phi) is 6.94. The summed E-state index contributed by atoms with van der Waals surface area (Å²) >= 11 is 12.8. The number of piperidine rings is 1. The lowest BCUT2D eigenvalue weighted by molar-refractivity contribution is -0.139. The van der Waals surface area contributed by atoms with Crippen LogP contribution in [-0.4, -0.2) is 29.9 Å². The summed E-state index contributed by atoms with van der Waals surface area (Å²) in [5.74, 6) is 0.165. The standard InChI is InChI=1S/C30H32Cl2N2O/c1-30(2)19-33-17-25(27(30)22-11-6-10-21(16-22)20-8-4-3-5-9-20)29(35)34(24-14-15-24)18-23-12-7-13-26(31)28(23)32/h3-13,16,24-25,27,33H,14-15,17-19H2,1-2H3/t25-,27+/m0/s1. The van der Waals surface area contributed by atoms with Crippen LogP contribution in [0.5, 0.6) is 0 Å². The fourth-order valence-electron chi connectivity index (χ4n) is 5.62. The van der Waals surface area contributed by atoms with Gasteiger partial charge in [-0.3, -0.25) is 4.79 Å². The highest BCUT2D eigenvalue weighted by molar-refractivity contribution is 6.42. The van der Waals surface area contributed by atoms with Crippen molar-refractivity contribution in [2.24, 2.45) is 11.3 Å². The first-order valence-electron chi connectivity index (χ1n) is 12.4. The van der Waals surface area contributed by atoms with Gasteiger partial charge in [0.05, 0.1) is 16.0 Å². The lowest BCUT2D eigenvalue weighted by atomic mass is 9.65. The summed E-state index contributed by atoms with van der Waals surface area (Å²) in [7, 11) is 0. The minimum Gasteiger partial charge on any atom is -0.335 e. The van der Waals surface area contributed by atoms with Crippen LogP contribution in [-0.2, 0) is 11.3 Å². The van der Waals surface area contributed by atoms with Crippen molar-refractivity contribution in [1.29, 1.82) is 0 Å². The number of hydrogen-bond acceptors (Lipinski definition) is 2. The average Bonchev–Trinajstić information content (AvgIpc) is 3.70. The highest BCUT2D eigenvalue weighted by Gasteiger charge is 2.46. The highest BCUT2D eigenvalue weighted by Crippen LogP contribution is 2.46. The van der Waals surface area contributed by atoms with Crippen LogP contribution >= 0.6 is 23.2 Å². The van der Waals surface area contributed by atoms with Crippen LogP contribution in [0.25, 0.3) is 11.1 Å². The van der Waals surface area contributed by atoms with Crippen LogP contribution in [0, 0.1) is 11.3 Å². The van der Waals surface area contributed by atoms with E-state index in [0.29, 0.717) is 23.1 Å². The van der Waals surface area contributed by atoms with Crippen molar-refractivity contribution >= 4 is 29.1 Å². The molecule has 3 aromatic rings. The summed E-state index contributed by atoms with van der Waals surface area (Å²) in [5.41, 5.74) is 4.45. The molecule has 0 unspecified atom stereocenters. The molecular formula is C30H32Cl2N2O. The maximum absolute atomic E-state index is 14.2. The number of nitrogens with zero attached hydrogens (tertiary/aromatic N) is 1. The van der Waals surface area contributed by atoms with Gasteiger partial charge in [-0.05, 0) is 46.6 Å². The molecule has 3 aromatic carbocycles. The van der Waals surface area contributed by atoms with Crippen molar-refractivity contribution in [1.82, 2.24) is 10.2 Å². The second kappa shape index (κ2) is 9.97. The molecule has 1 N–H and O–H groups in total. The summed E-state index contributed by atoms with van der Waals surface area (Å²) in [6, 6.07) is 25.1. The molecule has 5 heteroatoms. The van der Waals surface area contributed by atoms with Crippen LogP contribution in [0.15, 0.2) is 72.8 Å². The van der Waals surface area contributed by atoms with E-state index in [2.05, 4.69) is 72.6 Å². The summed E-state index contributed by atoms with van der Waals surface area (Å²) in [5, 5.41) is 4.63. The molecular weight excluding hydrogens is 475 g/mol. The number of benzene rings is 3. The molecule has 0 spiro atoms. The molecule has 1 aliphatic carbocycles. The van der Waals surface area contributed by atoms with Crippen molar-refractivity contribution < 1.29 is 4.79 Å². The van der Waals surface area contributed by atoms with E-state index in [1.807, 2.05) is 18.2 Å². The third kappa shape index (κ3) is 5.14. The molecule has 2 atom stereocenters. The van der Waals surface area contributed by atoms with E-state index in [9.17, 15) is 4.79 Å². The first-order valence-corrected chi connectivity index (χ1v) is 13.2. The van der Waals surface area contributed by atoms with Gasteiger partial charge in [0.25, 0.3) is 0 Å². The fraction of sp³-hybridized carbons (Fsp3) is 0.367.